The first-order chi connectivity index (χ1) is 12.6. The van der Waals surface area contributed by atoms with Crippen LogP contribution in [0.4, 0.5) is 9.18 Å². The summed E-state index contributed by atoms with van der Waals surface area (Å²) in [6, 6.07) is 5.04. The number of hydrogen-bond donors (Lipinski definition) is 3. The molecule has 0 aromatic heterocycles. The lowest BCUT2D eigenvalue weighted by Crippen LogP contribution is -2.52. The number of carbonyl (C=O) groups excluding carboxylic acids is 3. The second kappa shape index (κ2) is 8.83. The van der Waals surface area contributed by atoms with Crippen LogP contribution in [0.3, 0.4) is 0 Å². The summed E-state index contributed by atoms with van der Waals surface area (Å²) in [5.41, 5.74) is 0.0597. The summed E-state index contributed by atoms with van der Waals surface area (Å²) in [5, 5.41) is 8.30. The zero-order chi connectivity index (χ0) is 20.0. The Labute approximate surface area is 158 Å². The summed E-state index contributed by atoms with van der Waals surface area (Å²) in [4.78, 5) is 37.7. The maximum Gasteiger partial charge on any atom is 0.317 e. The van der Waals surface area contributed by atoms with Gasteiger partial charge in [0.2, 0.25) is 5.91 Å². The van der Waals surface area contributed by atoms with Crippen LogP contribution in [-0.2, 0) is 4.79 Å². The molecule has 0 spiro atoms. The van der Waals surface area contributed by atoms with Crippen LogP contribution < -0.4 is 16.0 Å². The van der Waals surface area contributed by atoms with Crippen molar-refractivity contribution in [2.75, 3.05) is 19.6 Å². The van der Waals surface area contributed by atoms with E-state index in [9.17, 15) is 18.8 Å². The van der Waals surface area contributed by atoms with Gasteiger partial charge in [-0.25, -0.2) is 9.18 Å². The van der Waals surface area contributed by atoms with Crippen LogP contribution in [0.1, 0.15) is 44.0 Å². The zero-order valence-electron chi connectivity index (χ0n) is 16.0. The Kier molecular flexibility index (Phi) is 6.76. The van der Waals surface area contributed by atoms with Gasteiger partial charge in [0.15, 0.2) is 0 Å². The van der Waals surface area contributed by atoms with Crippen molar-refractivity contribution in [2.24, 2.45) is 0 Å². The molecule has 0 atom stereocenters. The molecule has 1 aromatic carbocycles. The summed E-state index contributed by atoms with van der Waals surface area (Å²) in [5.74, 6) is -0.879. The molecule has 4 amide bonds. The normalized spacial score (nSPS) is 15.2. The van der Waals surface area contributed by atoms with E-state index in [4.69, 9.17) is 0 Å². The van der Waals surface area contributed by atoms with Crippen LogP contribution in [0.2, 0.25) is 0 Å². The first kappa shape index (κ1) is 20.7. The number of nitrogens with one attached hydrogen (secondary N) is 3. The molecule has 148 valence electrons. The fourth-order valence-corrected chi connectivity index (χ4v) is 2.83. The van der Waals surface area contributed by atoms with Crippen LogP contribution in [-0.4, -0.2) is 54.0 Å². The van der Waals surface area contributed by atoms with Gasteiger partial charge in [-0.3, -0.25) is 9.59 Å². The highest BCUT2D eigenvalue weighted by atomic mass is 19.1. The number of halogens is 1. The summed E-state index contributed by atoms with van der Waals surface area (Å²) < 4.78 is 12.9. The van der Waals surface area contributed by atoms with Crippen molar-refractivity contribution in [1.29, 1.82) is 0 Å². The van der Waals surface area contributed by atoms with Crippen molar-refractivity contribution >= 4 is 17.8 Å². The quantitative estimate of drug-likeness (QED) is 0.744. The van der Waals surface area contributed by atoms with Crippen LogP contribution >= 0.6 is 0 Å². The van der Waals surface area contributed by atoms with E-state index in [-0.39, 0.29) is 41.8 Å². The lowest BCUT2D eigenvalue weighted by Gasteiger charge is -2.32. The van der Waals surface area contributed by atoms with Crippen molar-refractivity contribution in [3.63, 3.8) is 0 Å². The van der Waals surface area contributed by atoms with Gasteiger partial charge in [-0.05, 0) is 57.9 Å². The molecule has 1 fully saturated rings. The fraction of sp³-hybridized carbons (Fsp3) is 0.526. The zero-order valence-corrected chi connectivity index (χ0v) is 16.0. The van der Waals surface area contributed by atoms with Gasteiger partial charge in [0, 0.05) is 30.2 Å². The Morgan fingerprint density at radius 2 is 1.70 bits per heavy atom. The molecular weight excluding hydrogens is 351 g/mol. The Balaban J connectivity index is 1.73. The minimum atomic E-state index is -0.387. The Morgan fingerprint density at radius 1 is 1.11 bits per heavy atom. The first-order valence-electron chi connectivity index (χ1n) is 9.04. The third-order valence-corrected chi connectivity index (χ3v) is 4.14. The van der Waals surface area contributed by atoms with E-state index in [0.717, 1.165) is 0 Å². The van der Waals surface area contributed by atoms with Crippen molar-refractivity contribution in [2.45, 2.75) is 45.2 Å². The molecule has 7 nitrogen and oxygen atoms in total. The summed E-state index contributed by atoms with van der Waals surface area (Å²) in [7, 11) is 0. The van der Waals surface area contributed by atoms with Gasteiger partial charge in [0.25, 0.3) is 5.91 Å². The van der Waals surface area contributed by atoms with E-state index in [1.807, 2.05) is 20.8 Å². The lowest BCUT2D eigenvalue weighted by atomic mass is 10.0. The maximum atomic E-state index is 12.9. The standard InChI is InChI=1S/C19H27FN4O3/c1-19(2,3)23-16(25)12-21-18(27)24-10-8-15(9-11-24)22-17(26)13-4-6-14(20)7-5-13/h4-7,15H,8-12H2,1-3H3,(H,21,27)(H,22,26)(H,23,25). The molecule has 3 N–H and O–H groups in total. The number of amides is 4. The fourth-order valence-electron chi connectivity index (χ4n) is 2.83. The predicted octanol–water partition coefficient (Wildman–Crippen LogP) is 1.64. The highest BCUT2D eigenvalue weighted by Gasteiger charge is 2.24. The molecule has 1 aromatic rings. The number of urea groups is 1. The Bertz CT molecular complexity index is 677. The molecule has 1 aliphatic heterocycles. The summed E-state index contributed by atoms with van der Waals surface area (Å²) >= 11 is 0. The van der Waals surface area contributed by atoms with Crippen LogP contribution in [0.15, 0.2) is 24.3 Å². The maximum absolute atomic E-state index is 12.9. The van der Waals surface area contributed by atoms with Crippen LogP contribution in [0.5, 0.6) is 0 Å². The highest BCUT2D eigenvalue weighted by molar-refractivity contribution is 5.94. The third kappa shape index (κ3) is 6.88. The molecule has 0 radical (unpaired) electrons. The van der Waals surface area contributed by atoms with Gasteiger partial charge in [0.1, 0.15) is 5.82 Å². The van der Waals surface area contributed by atoms with Gasteiger partial charge in [-0.15, -0.1) is 0 Å². The number of rotatable bonds is 4. The molecule has 8 heteroatoms. The second-order valence-electron chi connectivity index (χ2n) is 7.70. The molecule has 1 saturated heterocycles. The molecule has 0 aliphatic carbocycles. The summed E-state index contributed by atoms with van der Waals surface area (Å²) in [6.45, 7) is 6.52. The number of likely N-dealkylation sites (tertiary alicyclic amines) is 1. The van der Waals surface area contributed by atoms with E-state index in [1.165, 1.54) is 24.3 Å². The minimum Gasteiger partial charge on any atom is -0.350 e. The lowest BCUT2D eigenvalue weighted by molar-refractivity contribution is -0.121. The largest absolute Gasteiger partial charge is 0.350 e. The average molecular weight is 378 g/mol. The van der Waals surface area contributed by atoms with Crippen LogP contribution in [0.25, 0.3) is 0 Å². The van der Waals surface area contributed by atoms with Gasteiger partial charge in [-0.1, -0.05) is 0 Å². The average Bonchev–Trinajstić information content (AvgIpc) is 2.59. The SMILES string of the molecule is CC(C)(C)NC(=O)CNC(=O)N1CCC(NC(=O)c2ccc(F)cc2)CC1. The molecule has 0 unspecified atom stereocenters. The Morgan fingerprint density at radius 3 is 2.26 bits per heavy atom. The minimum absolute atomic E-state index is 0.0456. The van der Waals surface area contributed by atoms with E-state index in [2.05, 4.69) is 16.0 Å². The van der Waals surface area contributed by atoms with Crippen molar-refractivity contribution in [1.82, 2.24) is 20.9 Å². The Hall–Kier alpha value is -2.64. The second-order valence-corrected chi connectivity index (χ2v) is 7.70. The number of carbonyl (C=O) groups is 3. The highest BCUT2D eigenvalue weighted by Crippen LogP contribution is 2.12. The number of piperidine rings is 1. The van der Waals surface area contributed by atoms with Crippen LogP contribution in [0, 0.1) is 5.82 Å². The predicted molar refractivity (Wildman–Crippen MR) is 99.8 cm³/mol. The molecular formula is C19H27FN4O3. The number of benzene rings is 1. The van der Waals surface area contributed by atoms with Gasteiger partial charge < -0.3 is 20.9 Å². The topological polar surface area (TPSA) is 90.5 Å². The van der Waals surface area contributed by atoms with E-state index in [0.29, 0.717) is 31.5 Å². The van der Waals surface area contributed by atoms with E-state index < -0.39 is 0 Å². The van der Waals surface area contributed by atoms with Gasteiger partial charge in [0.05, 0.1) is 6.54 Å². The summed E-state index contributed by atoms with van der Waals surface area (Å²) in [6.07, 6.45) is 1.24. The van der Waals surface area contributed by atoms with E-state index >= 15 is 0 Å². The smallest absolute Gasteiger partial charge is 0.317 e. The molecule has 1 heterocycles. The van der Waals surface area contributed by atoms with Crippen molar-refractivity contribution < 1.29 is 18.8 Å². The molecule has 1 aliphatic rings. The molecule has 27 heavy (non-hydrogen) atoms. The first-order valence-corrected chi connectivity index (χ1v) is 9.04. The number of nitrogens with zero attached hydrogens (tertiary/aromatic N) is 1. The molecule has 0 saturated carbocycles. The third-order valence-electron chi connectivity index (χ3n) is 4.14. The number of hydrogen-bond acceptors (Lipinski definition) is 3. The molecule has 2 rings (SSSR count). The van der Waals surface area contributed by atoms with Gasteiger partial charge >= 0.3 is 6.03 Å². The monoisotopic (exact) mass is 378 g/mol. The van der Waals surface area contributed by atoms with E-state index in [1.54, 1.807) is 4.90 Å². The molecule has 0 bridgehead atoms. The van der Waals surface area contributed by atoms with Gasteiger partial charge in [-0.2, -0.15) is 0 Å². The van der Waals surface area contributed by atoms with Crippen molar-refractivity contribution in [3.8, 4) is 0 Å². The van der Waals surface area contributed by atoms with Crippen molar-refractivity contribution in [3.05, 3.63) is 35.6 Å².